The van der Waals surface area contributed by atoms with Gasteiger partial charge in [0.2, 0.25) is 0 Å². The molecule has 2 aliphatic heterocycles. The van der Waals surface area contributed by atoms with Crippen molar-refractivity contribution in [3.05, 3.63) is 50.6 Å². The normalized spacial score (nSPS) is 18.8. The molecule has 156 valence electrons. The van der Waals surface area contributed by atoms with E-state index in [9.17, 15) is 9.18 Å². The Hall–Kier alpha value is -1.80. The number of piperazine rings is 1. The monoisotopic (exact) mass is 464 g/mol. The van der Waals surface area contributed by atoms with Gasteiger partial charge in [0.15, 0.2) is 0 Å². The first-order valence-electron chi connectivity index (χ1n) is 9.78. The van der Waals surface area contributed by atoms with Crippen LogP contribution in [-0.2, 0) is 6.54 Å². The average Bonchev–Trinajstić information content (AvgIpc) is 2.73. The topological polar surface area (TPSA) is 50.2 Å². The molecular formula is C21H19Cl2FN4OS. The van der Waals surface area contributed by atoms with Crippen LogP contribution in [0.1, 0.15) is 6.92 Å². The van der Waals surface area contributed by atoms with Crippen molar-refractivity contribution in [3.63, 3.8) is 0 Å². The van der Waals surface area contributed by atoms with E-state index >= 15 is 0 Å². The number of rotatable bonds is 2. The minimum atomic E-state index is -0.401. The maximum Gasteiger partial charge on any atom is 0.350 e. The molecule has 5 rings (SSSR count). The lowest BCUT2D eigenvalue weighted by molar-refractivity contribution is 0.497. The summed E-state index contributed by atoms with van der Waals surface area (Å²) in [4.78, 5) is 20.3. The van der Waals surface area contributed by atoms with E-state index in [4.69, 9.17) is 23.2 Å². The van der Waals surface area contributed by atoms with E-state index in [1.165, 1.54) is 12.1 Å². The van der Waals surface area contributed by atoms with Crippen molar-refractivity contribution in [2.24, 2.45) is 0 Å². The lowest BCUT2D eigenvalue weighted by Gasteiger charge is -2.36. The first-order chi connectivity index (χ1) is 14.5. The van der Waals surface area contributed by atoms with Gasteiger partial charge in [0.25, 0.3) is 0 Å². The molecule has 3 aromatic rings. The van der Waals surface area contributed by atoms with Crippen molar-refractivity contribution in [2.75, 3.05) is 30.3 Å². The van der Waals surface area contributed by atoms with E-state index in [2.05, 4.69) is 22.1 Å². The molecule has 1 unspecified atom stereocenters. The molecule has 0 saturated carbocycles. The summed E-state index contributed by atoms with van der Waals surface area (Å²) in [6, 6.07) is 6.43. The van der Waals surface area contributed by atoms with Gasteiger partial charge in [-0.2, -0.15) is 4.98 Å². The van der Waals surface area contributed by atoms with Crippen LogP contribution in [0.5, 0.6) is 0 Å². The van der Waals surface area contributed by atoms with Gasteiger partial charge in [0, 0.05) is 64.4 Å². The molecule has 1 fully saturated rings. The third-order valence-corrected chi connectivity index (χ3v) is 7.29. The fourth-order valence-corrected chi connectivity index (χ4v) is 6.00. The molecule has 1 N–H and O–H groups in total. The highest BCUT2D eigenvalue weighted by molar-refractivity contribution is 7.99. The van der Waals surface area contributed by atoms with E-state index in [1.54, 1.807) is 22.4 Å². The van der Waals surface area contributed by atoms with Crippen LogP contribution in [0, 0.1) is 5.82 Å². The van der Waals surface area contributed by atoms with Crippen LogP contribution >= 0.6 is 35.0 Å². The van der Waals surface area contributed by atoms with Gasteiger partial charge in [-0.15, -0.1) is 11.8 Å². The Morgan fingerprint density at radius 2 is 2.10 bits per heavy atom. The minimum Gasteiger partial charge on any atom is -0.351 e. The Balaban J connectivity index is 1.85. The van der Waals surface area contributed by atoms with Crippen LogP contribution in [0.2, 0.25) is 10.0 Å². The minimum absolute atomic E-state index is 0.188. The van der Waals surface area contributed by atoms with Crippen molar-refractivity contribution < 1.29 is 4.39 Å². The number of aromatic nitrogens is 2. The van der Waals surface area contributed by atoms with Gasteiger partial charge in [-0.3, -0.25) is 4.57 Å². The highest BCUT2D eigenvalue weighted by Gasteiger charge is 2.29. The number of nitrogens with zero attached hydrogens (tertiary/aromatic N) is 3. The van der Waals surface area contributed by atoms with E-state index in [-0.39, 0.29) is 11.7 Å². The second-order valence-electron chi connectivity index (χ2n) is 7.55. The Bertz CT molecular complexity index is 1230. The molecule has 1 atom stereocenters. The molecule has 5 nitrogen and oxygen atoms in total. The molecule has 2 aliphatic rings. The standard InChI is InChI=1S/C21H19Cl2FN4OS/c1-11-10-25-4-5-27(11)20-14-9-15(23)17(13-8-12(22)2-3-16(13)24)19-18(14)28(6-7-30-19)21(29)26-20/h2-3,8-9,11,25H,4-7,10H2,1H3. The number of anilines is 1. The summed E-state index contributed by atoms with van der Waals surface area (Å²) in [7, 11) is 0. The maximum absolute atomic E-state index is 14.7. The molecule has 3 heterocycles. The lowest BCUT2D eigenvalue weighted by Crippen LogP contribution is -2.51. The van der Waals surface area contributed by atoms with E-state index < -0.39 is 5.82 Å². The Kier molecular flexibility index (Phi) is 5.17. The van der Waals surface area contributed by atoms with Crippen molar-refractivity contribution in [3.8, 4) is 11.1 Å². The Labute approximate surface area is 187 Å². The van der Waals surface area contributed by atoms with Crippen LogP contribution < -0.4 is 15.9 Å². The summed E-state index contributed by atoms with van der Waals surface area (Å²) in [6.07, 6.45) is 0. The van der Waals surface area contributed by atoms with Crippen molar-refractivity contribution >= 4 is 51.7 Å². The number of benzene rings is 2. The van der Waals surface area contributed by atoms with Crippen molar-refractivity contribution in [2.45, 2.75) is 24.4 Å². The van der Waals surface area contributed by atoms with Crippen molar-refractivity contribution in [1.29, 1.82) is 0 Å². The number of halogens is 3. The summed E-state index contributed by atoms with van der Waals surface area (Å²) in [5.74, 6) is 0.925. The molecule has 0 amide bonds. The molecule has 9 heteroatoms. The number of nitrogens with one attached hydrogen (secondary N) is 1. The van der Waals surface area contributed by atoms with E-state index in [0.29, 0.717) is 39.3 Å². The molecule has 1 saturated heterocycles. The number of thioether (sulfide) groups is 1. The third-order valence-electron chi connectivity index (χ3n) is 5.68. The van der Waals surface area contributed by atoms with Crippen LogP contribution in [0.4, 0.5) is 10.2 Å². The molecule has 0 aliphatic carbocycles. The molecule has 30 heavy (non-hydrogen) atoms. The summed E-state index contributed by atoms with van der Waals surface area (Å²) in [5.41, 5.74) is 1.40. The zero-order valence-corrected chi connectivity index (χ0v) is 18.5. The number of aryl methyl sites for hydroxylation is 1. The number of hydrogen-bond donors (Lipinski definition) is 1. The predicted molar refractivity (Wildman–Crippen MR) is 122 cm³/mol. The second kappa shape index (κ2) is 7.71. The zero-order chi connectivity index (χ0) is 21.0. The van der Waals surface area contributed by atoms with Crippen LogP contribution in [0.3, 0.4) is 0 Å². The third kappa shape index (κ3) is 3.19. The van der Waals surface area contributed by atoms with E-state index in [0.717, 1.165) is 35.4 Å². The largest absolute Gasteiger partial charge is 0.351 e. The first kappa shape index (κ1) is 20.1. The molecule has 1 aromatic heterocycles. The van der Waals surface area contributed by atoms with Gasteiger partial charge >= 0.3 is 5.69 Å². The molecule has 2 aromatic carbocycles. The fourth-order valence-electron chi connectivity index (χ4n) is 4.26. The number of hydrogen-bond acceptors (Lipinski definition) is 5. The average molecular weight is 465 g/mol. The van der Waals surface area contributed by atoms with Crippen LogP contribution in [-0.4, -0.2) is 41.0 Å². The molecule has 0 spiro atoms. The maximum atomic E-state index is 14.7. The fraction of sp³-hybridized carbons (Fsp3) is 0.333. The van der Waals surface area contributed by atoms with Crippen LogP contribution in [0.25, 0.3) is 22.0 Å². The zero-order valence-electron chi connectivity index (χ0n) is 16.2. The highest BCUT2D eigenvalue weighted by atomic mass is 35.5. The summed E-state index contributed by atoms with van der Waals surface area (Å²) >= 11 is 14.5. The molecule has 0 bridgehead atoms. The summed E-state index contributed by atoms with van der Waals surface area (Å²) < 4.78 is 16.4. The molecule has 0 radical (unpaired) electrons. The van der Waals surface area contributed by atoms with E-state index in [1.807, 2.05) is 6.07 Å². The smallest absolute Gasteiger partial charge is 0.350 e. The summed E-state index contributed by atoms with van der Waals surface area (Å²) in [5, 5.41) is 5.03. The molecular weight excluding hydrogens is 446 g/mol. The van der Waals surface area contributed by atoms with Gasteiger partial charge < -0.3 is 10.2 Å². The SMILES string of the molecule is CC1CNCCN1c1nc(=O)n2c3c(c(-c4cc(Cl)ccc4F)c(Cl)cc13)SCC2. The lowest BCUT2D eigenvalue weighted by atomic mass is 10.0. The van der Waals surface area contributed by atoms with Gasteiger partial charge in [-0.25, -0.2) is 9.18 Å². The summed E-state index contributed by atoms with van der Waals surface area (Å²) in [6.45, 7) is 5.03. The van der Waals surface area contributed by atoms with Gasteiger partial charge in [0.1, 0.15) is 11.6 Å². The highest BCUT2D eigenvalue weighted by Crippen LogP contribution is 2.46. The second-order valence-corrected chi connectivity index (χ2v) is 9.50. The first-order valence-corrected chi connectivity index (χ1v) is 11.5. The Morgan fingerprint density at radius 1 is 1.27 bits per heavy atom. The van der Waals surface area contributed by atoms with Gasteiger partial charge in [-0.1, -0.05) is 23.2 Å². The Morgan fingerprint density at radius 3 is 2.90 bits per heavy atom. The van der Waals surface area contributed by atoms with Gasteiger partial charge in [-0.05, 0) is 31.2 Å². The van der Waals surface area contributed by atoms with Gasteiger partial charge in [0.05, 0.1) is 10.5 Å². The van der Waals surface area contributed by atoms with Crippen LogP contribution in [0.15, 0.2) is 34.0 Å². The predicted octanol–water partition coefficient (Wildman–Crippen LogP) is 4.41. The quantitative estimate of drug-likeness (QED) is 0.608. The van der Waals surface area contributed by atoms with Crippen molar-refractivity contribution in [1.82, 2.24) is 14.9 Å².